The van der Waals surface area contributed by atoms with Crippen LogP contribution in [0.2, 0.25) is 5.02 Å². The average molecular weight is 296 g/mol. The molecule has 18 heavy (non-hydrogen) atoms. The Kier molecular flexibility index (Phi) is 4.72. The van der Waals surface area contributed by atoms with Crippen LogP contribution in [-0.4, -0.2) is 25.7 Å². The average Bonchev–Trinajstić information content (AvgIpc) is 2.14. The van der Waals surface area contributed by atoms with E-state index in [0.717, 1.165) is 18.2 Å². The fraction of sp³-hybridized carbons (Fsp3) is 0.455. The number of sulfonamides is 1. The summed E-state index contributed by atoms with van der Waals surface area (Å²) >= 11 is 5.71. The standard InChI is InChI=1S/C11H15ClFNO3S/c1-11(2,5-6-15)14-18(16,17)10-4-3-8(13)7-9(10)12/h3-4,7,14-15H,5-6H2,1-2H3. The Morgan fingerprint density at radius 3 is 2.56 bits per heavy atom. The van der Waals surface area contributed by atoms with Gasteiger partial charge in [-0.3, -0.25) is 0 Å². The van der Waals surface area contributed by atoms with Crippen LogP contribution >= 0.6 is 11.6 Å². The van der Waals surface area contributed by atoms with Gasteiger partial charge >= 0.3 is 0 Å². The second kappa shape index (κ2) is 5.52. The molecular formula is C11H15ClFNO3S. The molecule has 0 heterocycles. The minimum absolute atomic E-state index is 0.146. The van der Waals surface area contributed by atoms with Crippen LogP contribution in [0.3, 0.4) is 0 Å². The molecule has 0 aromatic heterocycles. The van der Waals surface area contributed by atoms with Gasteiger partial charge in [-0.1, -0.05) is 11.6 Å². The maximum atomic E-state index is 12.9. The van der Waals surface area contributed by atoms with Crippen LogP contribution in [0, 0.1) is 5.82 Å². The molecule has 0 atom stereocenters. The zero-order valence-electron chi connectivity index (χ0n) is 10.1. The smallest absolute Gasteiger partial charge is 0.242 e. The van der Waals surface area contributed by atoms with E-state index in [4.69, 9.17) is 16.7 Å². The van der Waals surface area contributed by atoms with Gasteiger partial charge in [0.15, 0.2) is 0 Å². The third-order valence-electron chi connectivity index (χ3n) is 2.33. The zero-order chi connectivity index (χ0) is 14.0. The van der Waals surface area contributed by atoms with E-state index < -0.39 is 21.4 Å². The van der Waals surface area contributed by atoms with Crippen LogP contribution in [0.15, 0.2) is 23.1 Å². The third-order valence-corrected chi connectivity index (χ3v) is 4.51. The lowest BCUT2D eigenvalue weighted by atomic mass is 10.0. The summed E-state index contributed by atoms with van der Waals surface area (Å²) in [5.74, 6) is -0.603. The molecular weight excluding hydrogens is 281 g/mol. The molecule has 0 aliphatic carbocycles. The number of nitrogens with one attached hydrogen (secondary N) is 1. The van der Waals surface area contributed by atoms with Crippen LogP contribution in [0.25, 0.3) is 0 Å². The molecule has 0 fully saturated rings. The summed E-state index contributed by atoms with van der Waals surface area (Å²) in [6.07, 6.45) is 0.255. The van der Waals surface area contributed by atoms with Crippen molar-refractivity contribution in [1.82, 2.24) is 4.72 Å². The van der Waals surface area contributed by atoms with Crippen molar-refractivity contribution < 1.29 is 17.9 Å². The lowest BCUT2D eigenvalue weighted by molar-refractivity contribution is 0.246. The number of aliphatic hydroxyl groups excluding tert-OH is 1. The molecule has 2 N–H and O–H groups in total. The Hall–Kier alpha value is -0.690. The van der Waals surface area contributed by atoms with Crippen molar-refractivity contribution in [2.24, 2.45) is 0 Å². The van der Waals surface area contributed by atoms with Crippen molar-refractivity contribution >= 4 is 21.6 Å². The molecule has 0 unspecified atom stereocenters. The van der Waals surface area contributed by atoms with E-state index in [-0.39, 0.29) is 22.9 Å². The first-order valence-corrected chi connectivity index (χ1v) is 7.14. The third kappa shape index (κ3) is 3.91. The Bertz CT molecular complexity index is 531. The topological polar surface area (TPSA) is 66.4 Å². The van der Waals surface area contributed by atoms with Crippen LogP contribution < -0.4 is 4.72 Å². The van der Waals surface area contributed by atoms with Crippen molar-refractivity contribution in [2.75, 3.05) is 6.61 Å². The SMILES string of the molecule is CC(C)(CCO)NS(=O)(=O)c1ccc(F)cc1Cl. The summed E-state index contributed by atoms with van der Waals surface area (Å²) in [7, 11) is -3.85. The molecule has 7 heteroatoms. The van der Waals surface area contributed by atoms with Gasteiger partial charge in [0.2, 0.25) is 10.0 Å². The van der Waals surface area contributed by atoms with E-state index >= 15 is 0 Å². The number of hydrogen-bond acceptors (Lipinski definition) is 3. The number of aliphatic hydroxyl groups is 1. The predicted molar refractivity (Wildman–Crippen MR) is 67.5 cm³/mol. The second-order valence-corrected chi connectivity index (χ2v) is 6.60. The van der Waals surface area contributed by atoms with Crippen molar-refractivity contribution in [3.8, 4) is 0 Å². The predicted octanol–water partition coefficient (Wildman–Crippen LogP) is 1.92. The summed E-state index contributed by atoms with van der Waals surface area (Å²) in [6.45, 7) is 3.13. The van der Waals surface area contributed by atoms with Crippen molar-refractivity contribution in [1.29, 1.82) is 0 Å². The summed E-state index contributed by atoms with van der Waals surface area (Å²) < 4.78 is 39.4. The normalized spacial score (nSPS) is 12.7. The summed E-state index contributed by atoms with van der Waals surface area (Å²) in [6, 6.07) is 3.07. The molecule has 0 saturated heterocycles. The minimum Gasteiger partial charge on any atom is -0.396 e. The molecule has 0 aliphatic heterocycles. The van der Waals surface area contributed by atoms with Crippen LogP contribution in [0.1, 0.15) is 20.3 Å². The molecule has 0 bridgehead atoms. The van der Waals surface area contributed by atoms with Gasteiger partial charge in [0.25, 0.3) is 0 Å². The van der Waals surface area contributed by atoms with Crippen molar-refractivity contribution in [2.45, 2.75) is 30.7 Å². The van der Waals surface area contributed by atoms with Gasteiger partial charge in [0, 0.05) is 12.1 Å². The van der Waals surface area contributed by atoms with Crippen molar-refractivity contribution in [3.63, 3.8) is 0 Å². The number of benzene rings is 1. The molecule has 0 aliphatic rings. The molecule has 1 aromatic carbocycles. The summed E-state index contributed by atoms with van der Waals surface area (Å²) in [5.41, 5.74) is -0.814. The van der Waals surface area contributed by atoms with Crippen LogP contribution in [0.5, 0.6) is 0 Å². The van der Waals surface area contributed by atoms with Gasteiger partial charge in [0.05, 0.1) is 5.02 Å². The van der Waals surface area contributed by atoms with Crippen LogP contribution in [0.4, 0.5) is 4.39 Å². The Balaban J connectivity index is 3.07. The van der Waals surface area contributed by atoms with Gasteiger partial charge in [-0.15, -0.1) is 0 Å². The molecule has 4 nitrogen and oxygen atoms in total. The fourth-order valence-corrected chi connectivity index (χ4v) is 3.42. The molecule has 1 aromatic rings. The largest absolute Gasteiger partial charge is 0.396 e. The van der Waals surface area contributed by atoms with E-state index in [1.807, 2.05) is 0 Å². The number of halogens is 2. The summed E-state index contributed by atoms with van der Waals surface area (Å²) in [4.78, 5) is -0.184. The Morgan fingerprint density at radius 1 is 1.44 bits per heavy atom. The highest BCUT2D eigenvalue weighted by atomic mass is 35.5. The molecule has 0 saturated carbocycles. The quantitative estimate of drug-likeness (QED) is 0.872. The maximum absolute atomic E-state index is 12.9. The second-order valence-electron chi connectivity index (χ2n) is 4.54. The lowest BCUT2D eigenvalue weighted by Crippen LogP contribution is -2.43. The van der Waals surface area contributed by atoms with Crippen molar-refractivity contribution in [3.05, 3.63) is 29.0 Å². The highest BCUT2D eigenvalue weighted by Crippen LogP contribution is 2.24. The first kappa shape index (κ1) is 15.4. The first-order valence-electron chi connectivity index (χ1n) is 5.28. The first-order chi connectivity index (χ1) is 8.18. The molecule has 1 rings (SSSR count). The zero-order valence-corrected chi connectivity index (χ0v) is 11.6. The molecule has 0 amide bonds. The number of hydrogen-bond donors (Lipinski definition) is 2. The molecule has 102 valence electrons. The van der Waals surface area contributed by atoms with E-state index in [2.05, 4.69) is 4.72 Å². The van der Waals surface area contributed by atoms with Gasteiger partial charge in [-0.25, -0.2) is 17.5 Å². The van der Waals surface area contributed by atoms with Crippen LogP contribution in [-0.2, 0) is 10.0 Å². The van der Waals surface area contributed by atoms with E-state index in [1.54, 1.807) is 13.8 Å². The molecule has 0 spiro atoms. The Labute approximate surface area is 111 Å². The fourth-order valence-electron chi connectivity index (χ4n) is 1.44. The van der Waals surface area contributed by atoms with E-state index in [1.165, 1.54) is 0 Å². The van der Waals surface area contributed by atoms with Gasteiger partial charge in [0.1, 0.15) is 10.7 Å². The monoisotopic (exact) mass is 295 g/mol. The highest BCUT2D eigenvalue weighted by Gasteiger charge is 2.27. The highest BCUT2D eigenvalue weighted by molar-refractivity contribution is 7.89. The Morgan fingerprint density at radius 2 is 2.06 bits per heavy atom. The van der Waals surface area contributed by atoms with E-state index in [0.29, 0.717) is 0 Å². The van der Waals surface area contributed by atoms with Gasteiger partial charge < -0.3 is 5.11 Å². The minimum atomic E-state index is -3.85. The van der Waals surface area contributed by atoms with Gasteiger partial charge in [-0.05, 0) is 38.5 Å². The molecule has 0 radical (unpaired) electrons. The maximum Gasteiger partial charge on any atom is 0.242 e. The van der Waals surface area contributed by atoms with Gasteiger partial charge in [-0.2, -0.15) is 0 Å². The van der Waals surface area contributed by atoms with E-state index in [9.17, 15) is 12.8 Å². The summed E-state index contributed by atoms with van der Waals surface area (Å²) in [5, 5.41) is 8.67. The lowest BCUT2D eigenvalue weighted by Gasteiger charge is -2.25. The number of rotatable bonds is 5.